The normalized spacial score (nSPS) is 13.3. The minimum Gasteiger partial charge on any atom is -0.312 e. The first-order chi connectivity index (χ1) is 14.2. The first-order valence-corrected chi connectivity index (χ1v) is 10.6. The zero-order valence-electron chi connectivity index (χ0n) is 17.1. The Balaban J connectivity index is 0.00000218. The zero-order chi connectivity index (χ0) is 20.0. The highest BCUT2D eigenvalue weighted by Gasteiger charge is 2.26. The minimum absolute atomic E-state index is 0. The molecule has 0 saturated carbocycles. The van der Waals surface area contributed by atoms with Gasteiger partial charge in [-0.05, 0) is 30.0 Å². The van der Waals surface area contributed by atoms with Crippen molar-refractivity contribution in [3.8, 4) is 16.9 Å². The molecule has 1 aliphatic heterocycles. The molecule has 5 rings (SSSR count). The Labute approximate surface area is 187 Å². The SMILES string of the molecule is CCc1cccc(CC)c1-n1nc2c(c1-c1ccc(Cl)c3[nH]ncc13)CNCC2.Cl. The van der Waals surface area contributed by atoms with Crippen LogP contribution in [0.2, 0.25) is 5.02 Å². The topological polar surface area (TPSA) is 58.5 Å². The van der Waals surface area contributed by atoms with Crippen molar-refractivity contribution >= 4 is 34.9 Å². The monoisotopic (exact) mass is 441 g/mol. The number of nitrogens with one attached hydrogen (secondary N) is 2. The molecule has 0 saturated heterocycles. The summed E-state index contributed by atoms with van der Waals surface area (Å²) in [7, 11) is 0. The van der Waals surface area contributed by atoms with E-state index in [4.69, 9.17) is 16.7 Å². The second-order valence-electron chi connectivity index (χ2n) is 7.50. The average molecular weight is 442 g/mol. The second-order valence-corrected chi connectivity index (χ2v) is 7.91. The Bertz CT molecular complexity index is 1190. The third-order valence-electron chi connectivity index (χ3n) is 5.90. The molecular formula is C23H25Cl2N5. The van der Waals surface area contributed by atoms with Gasteiger partial charge in [-0.3, -0.25) is 5.10 Å². The van der Waals surface area contributed by atoms with E-state index in [2.05, 4.69) is 58.3 Å². The molecule has 1 aliphatic rings. The van der Waals surface area contributed by atoms with Crippen LogP contribution in [-0.2, 0) is 25.8 Å². The number of H-pyrrole nitrogens is 1. The van der Waals surface area contributed by atoms with Crippen LogP contribution in [0.15, 0.2) is 36.5 Å². The molecule has 0 amide bonds. The van der Waals surface area contributed by atoms with Gasteiger partial charge < -0.3 is 5.32 Å². The van der Waals surface area contributed by atoms with E-state index in [-0.39, 0.29) is 12.4 Å². The summed E-state index contributed by atoms with van der Waals surface area (Å²) in [5.74, 6) is 0. The predicted molar refractivity (Wildman–Crippen MR) is 125 cm³/mol. The van der Waals surface area contributed by atoms with Gasteiger partial charge >= 0.3 is 0 Å². The Morgan fingerprint density at radius 1 is 1.10 bits per heavy atom. The third kappa shape index (κ3) is 3.22. The fourth-order valence-corrected chi connectivity index (χ4v) is 4.64. The Kier molecular flexibility index (Phi) is 5.87. The first-order valence-electron chi connectivity index (χ1n) is 10.3. The maximum absolute atomic E-state index is 6.42. The number of rotatable bonds is 4. The van der Waals surface area contributed by atoms with Crippen LogP contribution in [0.1, 0.15) is 36.2 Å². The summed E-state index contributed by atoms with van der Waals surface area (Å²) in [5.41, 5.74) is 9.43. The third-order valence-corrected chi connectivity index (χ3v) is 6.22. The Hall–Kier alpha value is -2.34. The van der Waals surface area contributed by atoms with Gasteiger partial charge in [-0.1, -0.05) is 49.7 Å². The van der Waals surface area contributed by atoms with Crippen molar-refractivity contribution in [2.75, 3.05) is 6.54 Å². The van der Waals surface area contributed by atoms with Gasteiger partial charge in [0.1, 0.15) is 0 Å². The molecule has 2 aromatic heterocycles. The summed E-state index contributed by atoms with van der Waals surface area (Å²) < 4.78 is 2.19. The van der Waals surface area contributed by atoms with Crippen molar-refractivity contribution in [2.24, 2.45) is 0 Å². The summed E-state index contributed by atoms with van der Waals surface area (Å²) >= 11 is 6.42. The fourth-order valence-electron chi connectivity index (χ4n) is 4.44. The summed E-state index contributed by atoms with van der Waals surface area (Å²) in [6.45, 7) is 6.20. The maximum atomic E-state index is 6.42. The van der Waals surface area contributed by atoms with E-state index in [0.717, 1.165) is 54.5 Å². The van der Waals surface area contributed by atoms with Gasteiger partial charge in [0.2, 0.25) is 0 Å². The Morgan fingerprint density at radius 3 is 2.60 bits per heavy atom. The lowest BCUT2D eigenvalue weighted by molar-refractivity contribution is 0.635. The highest BCUT2D eigenvalue weighted by atomic mass is 35.5. The minimum atomic E-state index is 0. The lowest BCUT2D eigenvalue weighted by Gasteiger charge is -2.18. The molecule has 0 atom stereocenters. The number of hydrogen-bond donors (Lipinski definition) is 2. The van der Waals surface area contributed by atoms with Crippen molar-refractivity contribution in [1.29, 1.82) is 0 Å². The van der Waals surface area contributed by atoms with Crippen molar-refractivity contribution < 1.29 is 0 Å². The summed E-state index contributed by atoms with van der Waals surface area (Å²) in [6.07, 6.45) is 4.73. The molecule has 3 heterocycles. The van der Waals surface area contributed by atoms with E-state index in [0.29, 0.717) is 5.02 Å². The molecule has 0 aliphatic carbocycles. The summed E-state index contributed by atoms with van der Waals surface area (Å²) in [4.78, 5) is 0. The van der Waals surface area contributed by atoms with Crippen LogP contribution in [-0.4, -0.2) is 26.5 Å². The number of fused-ring (bicyclic) bond motifs is 2. The van der Waals surface area contributed by atoms with Crippen LogP contribution < -0.4 is 5.32 Å². The van der Waals surface area contributed by atoms with Crippen molar-refractivity contribution in [2.45, 2.75) is 39.7 Å². The molecule has 4 aromatic rings. The molecule has 2 aromatic carbocycles. The smallest absolute Gasteiger partial charge is 0.0843 e. The maximum Gasteiger partial charge on any atom is 0.0843 e. The van der Waals surface area contributed by atoms with Crippen molar-refractivity contribution in [1.82, 2.24) is 25.3 Å². The fraction of sp³-hybridized carbons (Fsp3) is 0.304. The lowest BCUT2D eigenvalue weighted by atomic mass is 9.98. The number of aryl methyl sites for hydroxylation is 2. The largest absolute Gasteiger partial charge is 0.312 e. The first kappa shape index (κ1) is 20.9. The zero-order valence-corrected chi connectivity index (χ0v) is 18.7. The van der Waals surface area contributed by atoms with Crippen molar-refractivity contribution in [3.05, 3.63) is 63.9 Å². The lowest BCUT2D eigenvalue weighted by Crippen LogP contribution is -2.23. The van der Waals surface area contributed by atoms with Gasteiger partial charge in [0, 0.05) is 36.0 Å². The molecule has 2 N–H and O–H groups in total. The molecule has 0 unspecified atom stereocenters. The molecule has 0 fully saturated rings. The van der Waals surface area contributed by atoms with Gasteiger partial charge in [0.05, 0.1) is 33.8 Å². The van der Waals surface area contributed by atoms with Crippen LogP contribution in [0.3, 0.4) is 0 Å². The number of aromatic nitrogens is 4. The van der Waals surface area contributed by atoms with Gasteiger partial charge in [-0.15, -0.1) is 12.4 Å². The van der Waals surface area contributed by atoms with Gasteiger partial charge in [-0.2, -0.15) is 10.2 Å². The molecule has 0 radical (unpaired) electrons. The number of para-hydroxylation sites is 1. The van der Waals surface area contributed by atoms with E-state index in [1.54, 1.807) is 0 Å². The van der Waals surface area contributed by atoms with Crippen LogP contribution in [0.25, 0.3) is 27.8 Å². The quantitative estimate of drug-likeness (QED) is 0.453. The number of aromatic amines is 1. The van der Waals surface area contributed by atoms with Crippen LogP contribution >= 0.6 is 24.0 Å². The van der Waals surface area contributed by atoms with E-state index in [1.165, 1.54) is 28.1 Å². The number of benzene rings is 2. The highest BCUT2D eigenvalue weighted by Crippen LogP contribution is 2.38. The van der Waals surface area contributed by atoms with Crippen LogP contribution in [0.4, 0.5) is 0 Å². The molecule has 156 valence electrons. The Morgan fingerprint density at radius 2 is 1.87 bits per heavy atom. The van der Waals surface area contributed by atoms with E-state index in [1.807, 2.05) is 12.3 Å². The average Bonchev–Trinajstić information content (AvgIpc) is 3.39. The van der Waals surface area contributed by atoms with Gasteiger partial charge in [0.25, 0.3) is 0 Å². The molecule has 30 heavy (non-hydrogen) atoms. The van der Waals surface area contributed by atoms with Crippen LogP contribution in [0, 0.1) is 0 Å². The predicted octanol–water partition coefficient (Wildman–Crippen LogP) is 5.26. The number of nitrogens with zero attached hydrogens (tertiary/aromatic N) is 3. The molecule has 5 nitrogen and oxygen atoms in total. The molecule has 0 spiro atoms. The summed E-state index contributed by atoms with van der Waals surface area (Å²) in [5, 5.41) is 17.7. The van der Waals surface area contributed by atoms with E-state index >= 15 is 0 Å². The molecule has 7 heteroatoms. The number of hydrogen-bond acceptors (Lipinski definition) is 3. The van der Waals surface area contributed by atoms with Gasteiger partial charge in [0.15, 0.2) is 0 Å². The van der Waals surface area contributed by atoms with E-state index < -0.39 is 0 Å². The molecular weight excluding hydrogens is 417 g/mol. The van der Waals surface area contributed by atoms with Gasteiger partial charge in [-0.25, -0.2) is 4.68 Å². The second kappa shape index (κ2) is 8.42. The standard InChI is InChI=1S/C23H24ClN5.ClH/c1-3-14-6-5-7-15(4-2)22(14)29-23(18-12-25-11-10-20(18)28-29)16-8-9-19(24)21-17(16)13-26-27-21;/h5-9,13,25H,3-4,10-12H2,1-2H3,(H,26,27);1H. The molecule has 0 bridgehead atoms. The van der Waals surface area contributed by atoms with Crippen molar-refractivity contribution in [3.63, 3.8) is 0 Å². The summed E-state index contributed by atoms with van der Waals surface area (Å²) in [6, 6.07) is 10.6. The number of halogens is 2. The van der Waals surface area contributed by atoms with Crippen LogP contribution in [0.5, 0.6) is 0 Å². The van der Waals surface area contributed by atoms with E-state index in [9.17, 15) is 0 Å². The highest BCUT2D eigenvalue weighted by molar-refractivity contribution is 6.35.